The van der Waals surface area contributed by atoms with Crippen LogP contribution in [0.4, 0.5) is 0 Å². The highest BCUT2D eigenvalue weighted by molar-refractivity contribution is 5.76. The molecular weight excluding hydrogens is 1010 g/mol. The number of carbonyl (C=O) groups is 1. The van der Waals surface area contributed by atoms with Gasteiger partial charge in [0, 0.05) is 6.42 Å². The molecule has 2 heterocycles. The summed E-state index contributed by atoms with van der Waals surface area (Å²) in [6.45, 7) is 2.55. The zero-order valence-electron chi connectivity index (χ0n) is 49.0. The minimum Gasteiger partial charge on any atom is -0.394 e. The van der Waals surface area contributed by atoms with E-state index < -0.39 is 86.8 Å². The molecule has 0 bridgehead atoms. The third kappa shape index (κ3) is 34.7. The van der Waals surface area contributed by atoms with Crippen molar-refractivity contribution in [3.05, 3.63) is 122 Å². The fourth-order valence-corrected chi connectivity index (χ4v) is 9.19. The molecule has 80 heavy (non-hydrogen) atoms. The summed E-state index contributed by atoms with van der Waals surface area (Å²) in [4.78, 5) is 13.2. The average molecular weight is 1120 g/mol. The van der Waals surface area contributed by atoms with Crippen molar-refractivity contribution in [3.8, 4) is 0 Å². The van der Waals surface area contributed by atoms with Crippen molar-refractivity contribution < 1.29 is 64.6 Å². The van der Waals surface area contributed by atoms with E-state index in [1.807, 2.05) is 6.08 Å². The van der Waals surface area contributed by atoms with Crippen molar-refractivity contribution in [1.29, 1.82) is 0 Å². The first-order chi connectivity index (χ1) is 39.1. The van der Waals surface area contributed by atoms with Gasteiger partial charge in [0.2, 0.25) is 5.91 Å². The van der Waals surface area contributed by atoms with Crippen molar-refractivity contribution in [2.24, 2.45) is 0 Å². The molecule has 0 aromatic carbocycles. The first-order valence-electron chi connectivity index (χ1n) is 30.8. The summed E-state index contributed by atoms with van der Waals surface area (Å²) in [5.74, 6) is -0.262. The van der Waals surface area contributed by atoms with Crippen LogP contribution in [0.1, 0.15) is 194 Å². The Hall–Kier alpha value is -3.61. The van der Waals surface area contributed by atoms with Gasteiger partial charge in [-0.3, -0.25) is 4.79 Å². The predicted octanol–water partition coefficient (Wildman–Crippen LogP) is 11.0. The Bertz CT molecular complexity index is 1800. The van der Waals surface area contributed by atoms with E-state index in [1.54, 1.807) is 6.08 Å². The van der Waals surface area contributed by atoms with Gasteiger partial charge < -0.3 is 65.1 Å². The number of carbonyl (C=O) groups excluding carboxylic acids is 1. The second-order valence-corrected chi connectivity index (χ2v) is 21.1. The summed E-state index contributed by atoms with van der Waals surface area (Å²) in [5.41, 5.74) is 0. The largest absolute Gasteiger partial charge is 0.394 e. The van der Waals surface area contributed by atoms with Gasteiger partial charge in [0.25, 0.3) is 0 Å². The molecule has 0 aromatic heterocycles. The Balaban J connectivity index is 1.63. The standard InChI is InChI=1S/C66H109NO13/c1-3-5-7-9-11-13-15-16-17-18-19-20-21-22-23-24-25-26-27-28-29-30-31-32-33-34-35-36-37-38-40-42-44-46-48-50-58(71)67-54(55(70)49-47-45-43-41-39-14-12-10-8-6-4-2)53-77-65-63(76)61(74)64(57(52-69)79-65)80-66-62(75)60(73)59(72)56(51-68)78-66/h5,7-8,10-11,13,16-17,19-20,22-23,25-26,28-29,39,41,47,49,54-57,59-66,68-70,72-76H,3-4,6,9,12,14-15,18,21,24,27,30-38,40,42-46,48,50-53H2,1-2H3,(H,67,71)/b7-5-,10-8+,13-11-,17-16-,20-19-,23-22-,26-25-,29-28-,41-39+,49-47+. The van der Waals surface area contributed by atoms with E-state index in [9.17, 15) is 45.6 Å². The maximum Gasteiger partial charge on any atom is 0.220 e. The van der Waals surface area contributed by atoms with Gasteiger partial charge in [0.05, 0.1) is 32.0 Å². The summed E-state index contributed by atoms with van der Waals surface area (Å²) in [5, 5.41) is 86.9. The molecule has 12 atom stereocenters. The van der Waals surface area contributed by atoms with E-state index in [-0.39, 0.29) is 18.9 Å². The van der Waals surface area contributed by atoms with Crippen molar-refractivity contribution in [2.75, 3.05) is 19.8 Å². The lowest BCUT2D eigenvalue weighted by Gasteiger charge is -2.46. The van der Waals surface area contributed by atoms with E-state index in [2.05, 4.69) is 129 Å². The number of hydrogen-bond acceptors (Lipinski definition) is 13. The molecule has 0 aliphatic carbocycles. The van der Waals surface area contributed by atoms with Crippen LogP contribution in [-0.4, -0.2) is 140 Å². The zero-order chi connectivity index (χ0) is 58.1. The summed E-state index contributed by atoms with van der Waals surface area (Å²) in [7, 11) is 0. The number of hydrogen-bond donors (Lipinski definition) is 9. The van der Waals surface area contributed by atoms with Crippen LogP contribution < -0.4 is 5.32 Å². The highest BCUT2D eigenvalue weighted by Gasteiger charge is 2.51. The second-order valence-electron chi connectivity index (χ2n) is 21.1. The van der Waals surface area contributed by atoms with E-state index in [1.165, 1.54) is 57.8 Å². The fraction of sp³-hybridized carbons (Fsp3) is 0.682. The Morgan fingerprint density at radius 1 is 0.463 bits per heavy atom. The van der Waals surface area contributed by atoms with Gasteiger partial charge in [0.15, 0.2) is 12.6 Å². The number of aliphatic hydroxyl groups is 8. The number of ether oxygens (including phenoxy) is 4. The third-order valence-electron chi connectivity index (χ3n) is 14.1. The Kier molecular flexibility index (Phi) is 45.3. The van der Waals surface area contributed by atoms with Crippen LogP contribution in [0.15, 0.2) is 122 Å². The molecular formula is C66H109NO13. The Labute approximate surface area is 482 Å². The number of rotatable bonds is 47. The van der Waals surface area contributed by atoms with E-state index >= 15 is 0 Å². The van der Waals surface area contributed by atoms with Crippen LogP contribution in [0.5, 0.6) is 0 Å². The SMILES string of the molecule is CC/C=C\C/C=C\C/C=C\C/C=C\C/C=C\C/C=C\C/C=C\CCCCCCCCCCCCCCCC(=O)NC(COC1OC(CO)C(OC2OC(CO)C(O)C(O)C2O)C(O)C1O)C(O)/C=C/CC/C=C/CC/C=C/CCC. The molecule has 2 fully saturated rings. The lowest BCUT2D eigenvalue weighted by molar-refractivity contribution is -0.359. The maximum absolute atomic E-state index is 13.2. The van der Waals surface area contributed by atoms with E-state index in [0.29, 0.717) is 12.8 Å². The monoisotopic (exact) mass is 1120 g/mol. The average Bonchev–Trinajstić information content (AvgIpc) is 3.46. The van der Waals surface area contributed by atoms with Crippen LogP contribution in [-0.2, 0) is 23.7 Å². The zero-order valence-corrected chi connectivity index (χ0v) is 49.0. The second kappa shape index (κ2) is 50.0. The van der Waals surface area contributed by atoms with Crippen molar-refractivity contribution >= 4 is 5.91 Å². The summed E-state index contributed by atoms with van der Waals surface area (Å²) >= 11 is 0. The molecule has 14 nitrogen and oxygen atoms in total. The maximum atomic E-state index is 13.2. The van der Waals surface area contributed by atoms with Crippen molar-refractivity contribution in [2.45, 2.75) is 267 Å². The minimum atomic E-state index is -1.80. The molecule has 2 aliphatic rings. The molecule has 456 valence electrons. The molecule has 2 aliphatic heterocycles. The highest BCUT2D eigenvalue weighted by Crippen LogP contribution is 2.30. The summed E-state index contributed by atoms with van der Waals surface area (Å²) < 4.78 is 22.7. The highest BCUT2D eigenvalue weighted by atomic mass is 16.7. The normalized spacial score (nSPS) is 25.1. The Morgan fingerprint density at radius 2 is 0.875 bits per heavy atom. The van der Waals surface area contributed by atoms with Gasteiger partial charge in [-0.1, -0.05) is 212 Å². The Morgan fingerprint density at radius 3 is 1.36 bits per heavy atom. The number of amides is 1. The first kappa shape index (κ1) is 72.5. The summed E-state index contributed by atoms with van der Waals surface area (Å²) in [6.07, 6.45) is 55.5. The molecule has 0 saturated carbocycles. The van der Waals surface area contributed by atoms with Crippen LogP contribution in [0, 0.1) is 0 Å². The van der Waals surface area contributed by atoms with E-state index in [0.717, 1.165) is 103 Å². The third-order valence-corrected chi connectivity index (χ3v) is 14.1. The molecule has 2 rings (SSSR count). The molecule has 12 unspecified atom stereocenters. The minimum absolute atomic E-state index is 0.261. The lowest BCUT2D eigenvalue weighted by atomic mass is 9.97. The van der Waals surface area contributed by atoms with Crippen LogP contribution >= 0.6 is 0 Å². The van der Waals surface area contributed by atoms with Crippen molar-refractivity contribution in [3.63, 3.8) is 0 Å². The van der Waals surface area contributed by atoms with Gasteiger partial charge in [-0.05, 0) is 96.3 Å². The van der Waals surface area contributed by atoms with Crippen LogP contribution in [0.2, 0.25) is 0 Å². The molecule has 1 amide bonds. The quantitative estimate of drug-likeness (QED) is 0.0204. The molecule has 14 heteroatoms. The first-order valence-corrected chi connectivity index (χ1v) is 30.8. The van der Waals surface area contributed by atoms with Gasteiger partial charge in [-0.15, -0.1) is 0 Å². The fourth-order valence-electron chi connectivity index (χ4n) is 9.19. The van der Waals surface area contributed by atoms with Gasteiger partial charge in [-0.2, -0.15) is 0 Å². The number of unbranched alkanes of at least 4 members (excludes halogenated alkanes) is 16. The van der Waals surface area contributed by atoms with Gasteiger partial charge in [-0.25, -0.2) is 0 Å². The molecule has 9 N–H and O–H groups in total. The molecule has 0 spiro atoms. The molecule has 2 saturated heterocycles. The van der Waals surface area contributed by atoms with Crippen LogP contribution in [0.3, 0.4) is 0 Å². The molecule has 0 radical (unpaired) electrons. The van der Waals surface area contributed by atoms with Gasteiger partial charge >= 0.3 is 0 Å². The lowest BCUT2D eigenvalue weighted by Crippen LogP contribution is -2.65. The number of aliphatic hydroxyl groups excluding tert-OH is 8. The smallest absolute Gasteiger partial charge is 0.220 e. The van der Waals surface area contributed by atoms with Crippen molar-refractivity contribution in [1.82, 2.24) is 5.32 Å². The van der Waals surface area contributed by atoms with Crippen LogP contribution in [0.25, 0.3) is 0 Å². The topological polar surface area (TPSA) is 228 Å². The number of allylic oxidation sites excluding steroid dienone is 19. The van der Waals surface area contributed by atoms with E-state index in [4.69, 9.17) is 18.9 Å². The summed E-state index contributed by atoms with van der Waals surface area (Å²) in [6, 6.07) is -0.944. The van der Waals surface area contributed by atoms with Gasteiger partial charge in [0.1, 0.15) is 48.8 Å². The number of nitrogens with one attached hydrogen (secondary N) is 1. The molecule has 0 aromatic rings. The predicted molar refractivity (Wildman–Crippen MR) is 322 cm³/mol.